The highest BCUT2D eigenvalue weighted by Gasteiger charge is 2.29. The van der Waals surface area contributed by atoms with Crippen molar-refractivity contribution < 1.29 is 4.79 Å². The maximum absolute atomic E-state index is 12.7. The molecule has 31 heavy (non-hydrogen) atoms. The van der Waals surface area contributed by atoms with Crippen LogP contribution >= 0.6 is 0 Å². The number of benzene rings is 3. The van der Waals surface area contributed by atoms with E-state index in [0.29, 0.717) is 28.4 Å². The summed E-state index contributed by atoms with van der Waals surface area (Å²) in [4.78, 5) is 15.1. The van der Waals surface area contributed by atoms with Crippen molar-refractivity contribution in [3.63, 3.8) is 0 Å². The number of hydrogen-bond acceptors (Lipinski definition) is 4. The summed E-state index contributed by atoms with van der Waals surface area (Å²) in [5, 5.41) is 20.8. The molecule has 1 saturated carbocycles. The van der Waals surface area contributed by atoms with Gasteiger partial charge >= 0.3 is 0 Å². The second-order valence-electron chi connectivity index (χ2n) is 7.79. The first-order valence-electron chi connectivity index (χ1n) is 10.3. The Hall–Kier alpha value is -3.93. The SMILES string of the molecule is N#Cc1ccc(CN(Cc2cccc(C(=O)Nc3ccc(C#N)cc3)c2)C2CC2)cc1. The van der Waals surface area contributed by atoms with Gasteiger partial charge in [-0.05, 0) is 72.5 Å². The second kappa shape index (κ2) is 9.26. The van der Waals surface area contributed by atoms with Crippen LogP contribution in [0, 0.1) is 22.7 Å². The van der Waals surface area contributed by atoms with Crippen LogP contribution in [0.15, 0.2) is 72.8 Å². The Kier molecular flexibility index (Phi) is 6.08. The molecule has 0 spiro atoms. The summed E-state index contributed by atoms with van der Waals surface area (Å²) in [6.45, 7) is 1.58. The van der Waals surface area contributed by atoms with Crippen molar-refractivity contribution in [2.75, 3.05) is 5.32 Å². The molecule has 3 aromatic carbocycles. The van der Waals surface area contributed by atoms with E-state index in [4.69, 9.17) is 10.5 Å². The molecule has 1 aliphatic rings. The molecule has 0 atom stereocenters. The number of hydrogen-bond donors (Lipinski definition) is 1. The first-order valence-corrected chi connectivity index (χ1v) is 10.3. The lowest BCUT2D eigenvalue weighted by Crippen LogP contribution is -2.25. The van der Waals surface area contributed by atoms with Crippen molar-refractivity contribution in [1.29, 1.82) is 10.5 Å². The van der Waals surface area contributed by atoms with Gasteiger partial charge in [0, 0.05) is 30.4 Å². The van der Waals surface area contributed by atoms with E-state index in [1.165, 1.54) is 18.4 Å². The molecule has 0 bridgehead atoms. The predicted octanol–water partition coefficient (Wildman–Crippen LogP) is 4.85. The van der Waals surface area contributed by atoms with Gasteiger partial charge in [-0.1, -0.05) is 24.3 Å². The Balaban J connectivity index is 1.44. The summed E-state index contributed by atoms with van der Waals surface area (Å²) in [6, 6.07) is 27.1. The minimum absolute atomic E-state index is 0.170. The molecule has 152 valence electrons. The molecule has 0 aromatic heterocycles. The predicted molar refractivity (Wildman–Crippen MR) is 119 cm³/mol. The Morgan fingerprint density at radius 2 is 1.48 bits per heavy atom. The zero-order chi connectivity index (χ0) is 21.6. The van der Waals surface area contributed by atoms with E-state index < -0.39 is 0 Å². The maximum atomic E-state index is 12.7. The summed E-state index contributed by atoms with van der Waals surface area (Å²) in [6.07, 6.45) is 2.38. The number of nitrogens with one attached hydrogen (secondary N) is 1. The van der Waals surface area contributed by atoms with Gasteiger partial charge < -0.3 is 5.32 Å². The van der Waals surface area contributed by atoms with Crippen LogP contribution in [0.2, 0.25) is 0 Å². The Morgan fingerprint density at radius 3 is 2.10 bits per heavy atom. The summed E-state index contributed by atoms with van der Waals surface area (Å²) in [7, 11) is 0. The van der Waals surface area contributed by atoms with Gasteiger partial charge in [-0.3, -0.25) is 9.69 Å². The van der Waals surface area contributed by atoms with Crippen LogP contribution in [0.25, 0.3) is 0 Å². The molecule has 0 saturated heterocycles. The number of amides is 1. The van der Waals surface area contributed by atoms with Gasteiger partial charge in [0.2, 0.25) is 0 Å². The van der Waals surface area contributed by atoms with Crippen molar-refractivity contribution in [2.24, 2.45) is 0 Å². The van der Waals surface area contributed by atoms with Gasteiger partial charge in [0.05, 0.1) is 23.3 Å². The monoisotopic (exact) mass is 406 g/mol. The fraction of sp³-hybridized carbons (Fsp3) is 0.192. The molecule has 1 aliphatic carbocycles. The highest BCUT2D eigenvalue weighted by Crippen LogP contribution is 2.30. The van der Waals surface area contributed by atoms with E-state index in [9.17, 15) is 4.79 Å². The molecule has 1 amide bonds. The second-order valence-corrected chi connectivity index (χ2v) is 7.79. The van der Waals surface area contributed by atoms with E-state index in [1.807, 2.05) is 48.5 Å². The van der Waals surface area contributed by atoms with Gasteiger partial charge in [0.15, 0.2) is 0 Å². The number of nitrogens with zero attached hydrogens (tertiary/aromatic N) is 3. The number of nitriles is 2. The molecule has 1 fully saturated rings. The number of carbonyl (C=O) groups is 1. The van der Waals surface area contributed by atoms with Crippen molar-refractivity contribution in [3.05, 3.63) is 101 Å². The summed E-state index contributed by atoms with van der Waals surface area (Å²) in [5.41, 5.74) is 4.77. The Morgan fingerprint density at radius 1 is 0.871 bits per heavy atom. The zero-order valence-electron chi connectivity index (χ0n) is 17.1. The van der Waals surface area contributed by atoms with Gasteiger partial charge in [-0.25, -0.2) is 0 Å². The molecule has 1 N–H and O–H groups in total. The third-order valence-corrected chi connectivity index (χ3v) is 5.38. The van der Waals surface area contributed by atoms with Gasteiger partial charge in [0.1, 0.15) is 0 Å². The molecule has 0 aliphatic heterocycles. The molecule has 0 unspecified atom stereocenters. The summed E-state index contributed by atoms with van der Waals surface area (Å²) >= 11 is 0. The van der Waals surface area contributed by atoms with Crippen LogP contribution < -0.4 is 5.32 Å². The van der Waals surface area contributed by atoms with Gasteiger partial charge in [-0.2, -0.15) is 10.5 Å². The van der Waals surface area contributed by atoms with Crippen molar-refractivity contribution in [1.82, 2.24) is 4.90 Å². The van der Waals surface area contributed by atoms with Crippen molar-refractivity contribution >= 4 is 11.6 Å². The normalized spacial score (nSPS) is 12.7. The van der Waals surface area contributed by atoms with Crippen LogP contribution in [0.3, 0.4) is 0 Å². The van der Waals surface area contributed by atoms with Crippen LogP contribution in [0.1, 0.15) is 45.5 Å². The minimum atomic E-state index is -0.170. The Labute approximate surface area is 182 Å². The molecular weight excluding hydrogens is 384 g/mol. The molecule has 4 rings (SSSR count). The van der Waals surface area contributed by atoms with E-state index >= 15 is 0 Å². The quantitative estimate of drug-likeness (QED) is 0.608. The highest BCUT2D eigenvalue weighted by atomic mass is 16.1. The molecular formula is C26H22N4O. The third kappa shape index (κ3) is 5.36. The smallest absolute Gasteiger partial charge is 0.255 e. The first-order chi connectivity index (χ1) is 15.1. The van der Waals surface area contributed by atoms with Crippen molar-refractivity contribution in [3.8, 4) is 12.1 Å². The average molecular weight is 406 g/mol. The van der Waals surface area contributed by atoms with Crippen LogP contribution in [-0.2, 0) is 13.1 Å². The van der Waals surface area contributed by atoms with Crippen molar-refractivity contribution in [2.45, 2.75) is 32.0 Å². The molecule has 3 aromatic rings. The third-order valence-electron chi connectivity index (χ3n) is 5.38. The summed E-state index contributed by atoms with van der Waals surface area (Å²) in [5.74, 6) is -0.170. The fourth-order valence-corrected chi connectivity index (χ4v) is 3.55. The zero-order valence-corrected chi connectivity index (χ0v) is 17.1. The van der Waals surface area contributed by atoms with Crippen LogP contribution in [0.5, 0.6) is 0 Å². The minimum Gasteiger partial charge on any atom is -0.322 e. The first kappa shape index (κ1) is 20.3. The van der Waals surface area contributed by atoms with E-state index in [0.717, 1.165) is 18.7 Å². The van der Waals surface area contributed by atoms with E-state index in [2.05, 4.69) is 22.4 Å². The van der Waals surface area contributed by atoms with Gasteiger partial charge in [0.25, 0.3) is 5.91 Å². The van der Waals surface area contributed by atoms with E-state index in [-0.39, 0.29) is 5.91 Å². The molecule has 0 radical (unpaired) electrons. The molecule has 5 nitrogen and oxygen atoms in total. The number of anilines is 1. The van der Waals surface area contributed by atoms with Crippen LogP contribution in [-0.4, -0.2) is 16.8 Å². The van der Waals surface area contributed by atoms with Crippen LogP contribution in [0.4, 0.5) is 5.69 Å². The topological polar surface area (TPSA) is 79.9 Å². The van der Waals surface area contributed by atoms with E-state index in [1.54, 1.807) is 24.3 Å². The fourth-order valence-electron chi connectivity index (χ4n) is 3.55. The highest BCUT2D eigenvalue weighted by molar-refractivity contribution is 6.04. The molecule has 5 heteroatoms. The Bertz CT molecular complexity index is 1150. The lowest BCUT2D eigenvalue weighted by Gasteiger charge is -2.22. The lowest BCUT2D eigenvalue weighted by molar-refractivity contribution is 0.102. The summed E-state index contributed by atoms with van der Waals surface area (Å²) < 4.78 is 0. The number of rotatable bonds is 7. The largest absolute Gasteiger partial charge is 0.322 e. The molecule has 0 heterocycles. The standard InChI is InChI=1S/C26H22N4O/c27-15-19-4-6-21(7-5-19)17-30(25-12-13-25)18-22-2-1-3-23(14-22)26(31)29-24-10-8-20(16-28)9-11-24/h1-11,14,25H,12-13,17-18H2,(H,29,31). The average Bonchev–Trinajstić information content (AvgIpc) is 3.65. The lowest BCUT2D eigenvalue weighted by atomic mass is 10.1. The number of carbonyl (C=O) groups excluding carboxylic acids is 1. The van der Waals surface area contributed by atoms with Gasteiger partial charge in [-0.15, -0.1) is 0 Å². The maximum Gasteiger partial charge on any atom is 0.255 e.